The minimum Gasteiger partial charge on any atom is -0.375 e. The third kappa shape index (κ3) is 2.54. The van der Waals surface area contributed by atoms with Crippen molar-refractivity contribution in [2.24, 2.45) is 0 Å². The van der Waals surface area contributed by atoms with Crippen molar-refractivity contribution in [2.75, 3.05) is 18.8 Å². The molecule has 0 amide bonds. The summed E-state index contributed by atoms with van der Waals surface area (Å²) < 4.78 is 0. The van der Waals surface area contributed by atoms with E-state index in [0.717, 1.165) is 32.5 Å². The van der Waals surface area contributed by atoms with Gasteiger partial charge in [-0.15, -0.1) is 11.3 Å². The highest BCUT2D eigenvalue weighted by atomic mass is 32.1. The Balaban J connectivity index is 1.60. The minimum absolute atomic E-state index is 0.713. The molecule has 18 heavy (non-hydrogen) atoms. The van der Waals surface area contributed by atoms with Gasteiger partial charge in [-0.1, -0.05) is 30.3 Å². The monoisotopic (exact) mass is 259 g/mol. The van der Waals surface area contributed by atoms with E-state index in [0.29, 0.717) is 5.13 Å². The van der Waals surface area contributed by atoms with Crippen molar-refractivity contribution >= 4 is 16.5 Å². The molecule has 2 N–H and O–H groups in total. The van der Waals surface area contributed by atoms with E-state index in [2.05, 4.69) is 40.2 Å². The van der Waals surface area contributed by atoms with Crippen molar-refractivity contribution in [1.29, 1.82) is 0 Å². The Bertz CT molecular complexity index is 521. The van der Waals surface area contributed by atoms with Gasteiger partial charge in [0.1, 0.15) is 0 Å². The van der Waals surface area contributed by atoms with Gasteiger partial charge in [0.05, 0.1) is 5.69 Å². The Kier molecular flexibility index (Phi) is 3.30. The molecule has 2 aromatic rings. The number of thiazole rings is 1. The largest absolute Gasteiger partial charge is 0.375 e. The second-order valence-electron chi connectivity index (χ2n) is 4.68. The average Bonchev–Trinajstić information content (AvgIpc) is 2.77. The number of hydrogen-bond acceptors (Lipinski definition) is 4. The summed E-state index contributed by atoms with van der Waals surface area (Å²) in [4.78, 5) is 8.22. The molecule has 0 saturated carbocycles. The molecular weight excluding hydrogens is 242 g/mol. The van der Waals surface area contributed by atoms with Crippen molar-refractivity contribution < 1.29 is 0 Å². The number of anilines is 1. The summed E-state index contributed by atoms with van der Waals surface area (Å²) in [5.74, 6) is 0. The molecule has 2 heterocycles. The van der Waals surface area contributed by atoms with E-state index in [9.17, 15) is 0 Å². The first-order valence-electron chi connectivity index (χ1n) is 6.31. The molecule has 1 aromatic carbocycles. The van der Waals surface area contributed by atoms with Gasteiger partial charge in [0.25, 0.3) is 0 Å². The van der Waals surface area contributed by atoms with Crippen LogP contribution in [-0.2, 0) is 19.4 Å². The second kappa shape index (κ2) is 5.08. The van der Waals surface area contributed by atoms with Crippen molar-refractivity contribution in [2.45, 2.75) is 19.4 Å². The molecule has 94 valence electrons. The van der Waals surface area contributed by atoms with Crippen LogP contribution in [0.5, 0.6) is 0 Å². The summed E-state index contributed by atoms with van der Waals surface area (Å²) in [6, 6.07) is 10.7. The van der Waals surface area contributed by atoms with Gasteiger partial charge < -0.3 is 5.73 Å². The van der Waals surface area contributed by atoms with Crippen LogP contribution in [0.2, 0.25) is 0 Å². The van der Waals surface area contributed by atoms with Crippen LogP contribution in [0.1, 0.15) is 16.1 Å². The van der Waals surface area contributed by atoms with Crippen molar-refractivity contribution in [3.05, 3.63) is 46.5 Å². The van der Waals surface area contributed by atoms with Gasteiger partial charge in [0.2, 0.25) is 0 Å². The van der Waals surface area contributed by atoms with Crippen LogP contribution >= 0.6 is 11.3 Å². The molecule has 0 fully saturated rings. The maximum atomic E-state index is 5.76. The number of aromatic nitrogens is 1. The quantitative estimate of drug-likeness (QED) is 0.920. The Morgan fingerprint density at radius 2 is 2.11 bits per heavy atom. The molecule has 0 radical (unpaired) electrons. The highest BCUT2D eigenvalue weighted by Crippen LogP contribution is 2.26. The Morgan fingerprint density at radius 3 is 2.94 bits per heavy atom. The van der Waals surface area contributed by atoms with Crippen LogP contribution < -0.4 is 5.73 Å². The van der Waals surface area contributed by atoms with Gasteiger partial charge in [0.15, 0.2) is 5.13 Å². The predicted molar refractivity (Wildman–Crippen MR) is 75.7 cm³/mol. The maximum absolute atomic E-state index is 5.76. The van der Waals surface area contributed by atoms with E-state index in [4.69, 9.17) is 5.73 Å². The first-order chi connectivity index (χ1) is 8.81. The molecule has 0 aliphatic carbocycles. The number of rotatable bonds is 3. The summed E-state index contributed by atoms with van der Waals surface area (Å²) in [6.07, 6.45) is 2.16. The number of hydrogen-bond donors (Lipinski definition) is 1. The van der Waals surface area contributed by atoms with Crippen LogP contribution in [0.15, 0.2) is 30.3 Å². The molecule has 1 aromatic heterocycles. The topological polar surface area (TPSA) is 42.1 Å². The number of nitrogens with zero attached hydrogens (tertiary/aromatic N) is 2. The third-order valence-electron chi connectivity index (χ3n) is 3.39. The second-order valence-corrected chi connectivity index (χ2v) is 5.80. The number of fused-ring (bicyclic) bond motifs is 1. The van der Waals surface area contributed by atoms with Gasteiger partial charge in [-0.05, 0) is 12.0 Å². The van der Waals surface area contributed by atoms with E-state index >= 15 is 0 Å². The molecule has 1 aliphatic rings. The van der Waals surface area contributed by atoms with Gasteiger partial charge in [-0.3, -0.25) is 4.90 Å². The van der Waals surface area contributed by atoms with E-state index in [1.165, 1.54) is 16.1 Å². The number of nitrogen functional groups attached to an aromatic ring is 1. The van der Waals surface area contributed by atoms with Crippen LogP contribution in [0, 0.1) is 0 Å². The lowest BCUT2D eigenvalue weighted by molar-refractivity contribution is 0.259. The lowest BCUT2D eigenvalue weighted by Crippen LogP contribution is -2.31. The van der Waals surface area contributed by atoms with E-state index in [-0.39, 0.29) is 0 Å². The highest BCUT2D eigenvalue weighted by Gasteiger charge is 2.19. The predicted octanol–water partition coefficient (Wildman–Crippen LogP) is 2.33. The Hall–Kier alpha value is -1.39. The molecular formula is C14H17N3S. The first-order valence-corrected chi connectivity index (χ1v) is 7.13. The molecule has 0 spiro atoms. The van der Waals surface area contributed by atoms with E-state index in [1.807, 2.05) is 0 Å². The Morgan fingerprint density at radius 1 is 1.28 bits per heavy atom. The normalized spacial score (nSPS) is 15.6. The van der Waals surface area contributed by atoms with Crippen LogP contribution in [0.3, 0.4) is 0 Å². The van der Waals surface area contributed by atoms with Crippen molar-refractivity contribution in [3.8, 4) is 0 Å². The number of benzene rings is 1. The molecule has 3 rings (SSSR count). The molecule has 0 atom stereocenters. The molecule has 0 saturated heterocycles. The Labute approximate surface area is 111 Å². The summed E-state index contributed by atoms with van der Waals surface area (Å²) in [6.45, 7) is 3.22. The molecule has 4 heteroatoms. The smallest absolute Gasteiger partial charge is 0.180 e. The summed E-state index contributed by atoms with van der Waals surface area (Å²) in [5, 5.41) is 0.713. The van der Waals surface area contributed by atoms with E-state index < -0.39 is 0 Å². The molecule has 1 aliphatic heterocycles. The molecule has 0 bridgehead atoms. The fraction of sp³-hybridized carbons (Fsp3) is 0.357. The number of nitrogens with two attached hydrogens (primary N) is 1. The van der Waals surface area contributed by atoms with Gasteiger partial charge in [-0.2, -0.15) is 0 Å². The third-order valence-corrected chi connectivity index (χ3v) is 4.30. The van der Waals surface area contributed by atoms with Crippen molar-refractivity contribution in [1.82, 2.24) is 9.88 Å². The maximum Gasteiger partial charge on any atom is 0.180 e. The SMILES string of the molecule is Nc1nc2c(s1)CN(CCc1ccccc1)CC2. The van der Waals surface area contributed by atoms with Crippen LogP contribution in [0.4, 0.5) is 5.13 Å². The first kappa shape index (κ1) is 11.7. The van der Waals surface area contributed by atoms with Gasteiger partial charge in [0, 0.05) is 30.9 Å². The zero-order valence-corrected chi connectivity index (χ0v) is 11.1. The standard InChI is InChI=1S/C14H17N3S/c15-14-16-12-7-9-17(10-13(12)18-14)8-6-11-4-2-1-3-5-11/h1-5H,6-10H2,(H2,15,16). The minimum atomic E-state index is 0.713. The highest BCUT2D eigenvalue weighted by molar-refractivity contribution is 7.15. The van der Waals surface area contributed by atoms with Crippen LogP contribution in [-0.4, -0.2) is 23.0 Å². The van der Waals surface area contributed by atoms with Gasteiger partial charge >= 0.3 is 0 Å². The zero-order valence-electron chi connectivity index (χ0n) is 10.3. The fourth-order valence-corrected chi connectivity index (χ4v) is 3.31. The molecule has 0 unspecified atom stereocenters. The summed E-state index contributed by atoms with van der Waals surface area (Å²) >= 11 is 1.64. The van der Waals surface area contributed by atoms with Crippen molar-refractivity contribution in [3.63, 3.8) is 0 Å². The fourth-order valence-electron chi connectivity index (χ4n) is 2.39. The van der Waals surface area contributed by atoms with E-state index in [1.54, 1.807) is 11.3 Å². The lowest BCUT2D eigenvalue weighted by Gasteiger charge is -2.25. The average molecular weight is 259 g/mol. The van der Waals surface area contributed by atoms with Gasteiger partial charge in [-0.25, -0.2) is 4.98 Å². The molecule has 3 nitrogen and oxygen atoms in total. The van der Waals surface area contributed by atoms with Crippen LogP contribution in [0.25, 0.3) is 0 Å². The summed E-state index contributed by atoms with van der Waals surface area (Å²) in [5.41, 5.74) is 8.38. The summed E-state index contributed by atoms with van der Waals surface area (Å²) in [7, 11) is 0. The zero-order chi connectivity index (χ0) is 12.4. The lowest BCUT2D eigenvalue weighted by atomic mass is 10.1.